The zero-order chi connectivity index (χ0) is 16.1. The third kappa shape index (κ3) is 4.63. The van der Waals surface area contributed by atoms with Crippen molar-refractivity contribution in [3.05, 3.63) is 23.8 Å². The molecule has 0 atom stereocenters. The van der Waals surface area contributed by atoms with E-state index in [1.807, 2.05) is 0 Å². The summed E-state index contributed by atoms with van der Waals surface area (Å²) in [5.74, 6) is 2.67. The Hall–Kier alpha value is -1.22. The van der Waals surface area contributed by atoms with Gasteiger partial charge in [0.25, 0.3) is 0 Å². The SMILES string of the molecule is COc1cc(CNC2CCC(C)CC2)ccc1OC1CCCC1. The van der Waals surface area contributed by atoms with Gasteiger partial charge in [-0.1, -0.05) is 13.0 Å². The van der Waals surface area contributed by atoms with Crippen molar-refractivity contribution < 1.29 is 9.47 Å². The van der Waals surface area contributed by atoms with E-state index in [1.165, 1.54) is 56.9 Å². The molecule has 3 rings (SSSR count). The maximum atomic E-state index is 6.11. The highest BCUT2D eigenvalue weighted by Gasteiger charge is 2.19. The van der Waals surface area contributed by atoms with Gasteiger partial charge < -0.3 is 14.8 Å². The van der Waals surface area contributed by atoms with Crippen LogP contribution in [0.25, 0.3) is 0 Å². The molecule has 0 radical (unpaired) electrons. The van der Waals surface area contributed by atoms with Crippen molar-refractivity contribution in [2.24, 2.45) is 5.92 Å². The Bertz CT molecular complexity index is 488. The quantitative estimate of drug-likeness (QED) is 0.826. The van der Waals surface area contributed by atoms with Gasteiger partial charge in [-0.15, -0.1) is 0 Å². The summed E-state index contributed by atoms with van der Waals surface area (Å²) in [4.78, 5) is 0. The van der Waals surface area contributed by atoms with Crippen LogP contribution in [0.1, 0.15) is 63.9 Å². The normalized spacial score (nSPS) is 25.5. The van der Waals surface area contributed by atoms with Crippen LogP contribution in [0, 0.1) is 5.92 Å². The summed E-state index contributed by atoms with van der Waals surface area (Å²) in [7, 11) is 1.73. The van der Waals surface area contributed by atoms with Crippen LogP contribution in [0.15, 0.2) is 18.2 Å². The van der Waals surface area contributed by atoms with Gasteiger partial charge >= 0.3 is 0 Å². The predicted octanol–water partition coefficient (Wildman–Crippen LogP) is 4.68. The zero-order valence-corrected chi connectivity index (χ0v) is 14.6. The van der Waals surface area contributed by atoms with E-state index < -0.39 is 0 Å². The summed E-state index contributed by atoms with van der Waals surface area (Å²) < 4.78 is 11.7. The Balaban J connectivity index is 1.55. The zero-order valence-electron chi connectivity index (χ0n) is 14.6. The lowest BCUT2D eigenvalue weighted by atomic mass is 9.87. The Labute approximate surface area is 140 Å². The standard InChI is InChI=1S/C20H31NO2/c1-15-7-10-17(11-8-15)21-14-16-9-12-19(20(13-16)22-2)23-18-5-3-4-6-18/h9,12-13,15,17-18,21H,3-8,10-11,14H2,1-2H3. The van der Waals surface area contributed by atoms with Crippen molar-refractivity contribution in [1.29, 1.82) is 0 Å². The molecule has 3 nitrogen and oxygen atoms in total. The minimum absolute atomic E-state index is 0.372. The Kier molecular flexibility index (Phi) is 5.82. The van der Waals surface area contributed by atoms with Crippen LogP contribution in [0.2, 0.25) is 0 Å². The first kappa shape index (κ1) is 16.6. The third-order valence-corrected chi connectivity index (χ3v) is 5.43. The maximum absolute atomic E-state index is 6.11. The molecular weight excluding hydrogens is 286 g/mol. The van der Waals surface area contributed by atoms with E-state index in [-0.39, 0.29) is 0 Å². The fourth-order valence-electron chi connectivity index (χ4n) is 3.83. The molecular formula is C20H31NO2. The van der Waals surface area contributed by atoms with Crippen molar-refractivity contribution >= 4 is 0 Å². The van der Waals surface area contributed by atoms with Crippen LogP contribution in [0.5, 0.6) is 11.5 Å². The van der Waals surface area contributed by atoms with Crippen LogP contribution >= 0.6 is 0 Å². The van der Waals surface area contributed by atoms with Crippen molar-refractivity contribution in [3.63, 3.8) is 0 Å². The number of nitrogens with one attached hydrogen (secondary N) is 1. The Morgan fingerprint density at radius 2 is 1.74 bits per heavy atom. The van der Waals surface area contributed by atoms with Crippen LogP contribution in [0.4, 0.5) is 0 Å². The van der Waals surface area contributed by atoms with Crippen molar-refractivity contribution in [1.82, 2.24) is 5.32 Å². The smallest absolute Gasteiger partial charge is 0.161 e. The number of benzene rings is 1. The molecule has 23 heavy (non-hydrogen) atoms. The van der Waals surface area contributed by atoms with Gasteiger partial charge in [-0.3, -0.25) is 0 Å². The summed E-state index contributed by atoms with van der Waals surface area (Å²) >= 11 is 0. The minimum atomic E-state index is 0.372. The number of hydrogen-bond acceptors (Lipinski definition) is 3. The molecule has 0 saturated heterocycles. The fraction of sp³-hybridized carbons (Fsp3) is 0.700. The minimum Gasteiger partial charge on any atom is -0.493 e. The van der Waals surface area contributed by atoms with E-state index in [0.29, 0.717) is 12.1 Å². The van der Waals surface area contributed by atoms with Crippen LogP contribution in [-0.2, 0) is 6.54 Å². The number of hydrogen-bond donors (Lipinski definition) is 1. The number of rotatable bonds is 6. The second-order valence-corrected chi connectivity index (χ2v) is 7.35. The molecule has 1 aromatic carbocycles. The molecule has 0 spiro atoms. The summed E-state index contributed by atoms with van der Waals surface area (Å²) in [5, 5.41) is 3.71. The maximum Gasteiger partial charge on any atom is 0.161 e. The van der Waals surface area contributed by atoms with Gasteiger partial charge in [0.1, 0.15) is 0 Å². The molecule has 2 saturated carbocycles. The van der Waals surface area contributed by atoms with E-state index in [9.17, 15) is 0 Å². The van der Waals surface area contributed by atoms with Gasteiger partial charge in [0.05, 0.1) is 13.2 Å². The van der Waals surface area contributed by atoms with E-state index in [4.69, 9.17) is 9.47 Å². The molecule has 2 aliphatic rings. The molecule has 2 aliphatic carbocycles. The predicted molar refractivity (Wildman–Crippen MR) is 94.1 cm³/mol. The van der Waals surface area contributed by atoms with Gasteiger partial charge in [0.15, 0.2) is 11.5 Å². The van der Waals surface area contributed by atoms with E-state index in [0.717, 1.165) is 24.0 Å². The van der Waals surface area contributed by atoms with Crippen molar-refractivity contribution in [3.8, 4) is 11.5 Å². The average Bonchev–Trinajstić information content (AvgIpc) is 3.08. The van der Waals surface area contributed by atoms with Crippen molar-refractivity contribution in [2.45, 2.75) is 77.0 Å². The molecule has 1 N–H and O–H groups in total. The first-order valence-electron chi connectivity index (χ1n) is 9.31. The molecule has 2 fully saturated rings. The average molecular weight is 317 g/mol. The summed E-state index contributed by atoms with van der Waals surface area (Å²) in [6, 6.07) is 7.05. The second-order valence-electron chi connectivity index (χ2n) is 7.35. The van der Waals surface area contributed by atoms with Gasteiger partial charge in [0, 0.05) is 12.6 Å². The topological polar surface area (TPSA) is 30.5 Å². The Morgan fingerprint density at radius 1 is 1.00 bits per heavy atom. The van der Waals surface area contributed by atoms with E-state index in [2.05, 4.69) is 30.4 Å². The summed E-state index contributed by atoms with van der Waals surface area (Å²) in [5.41, 5.74) is 1.28. The molecule has 1 aromatic rings. The fourth-order valence-corrected chi connectivity index (χ4v) is 3.83. The van der Waals surface area contributed by atoms with Crippen LogP contribution in [-0.4, -0.2) is 19.3 Å². The van der Waals surface area contributed by atoms with Crippen LogP contribution < -0.4 is 14.8 Å². The second kappa shape index (κ2) is 8.05. The van der Waals surface area contributed by atoms with E-state index >= 15 is 0 Å². The van der Waals surface area contributed by atoms with E-state index in [1.54, 1.807) is 7.11 Å². The first-order chi connectivity index (χ1) is 11.2. The Morgan fingerprint density at radius 3 is 2.43 bits per heavy atom. The van der Waals surface area contributed by atoms with Crippen molar-refractivity contribution in [2.75, 3.05) is 7.11 Å². The highest BCUT2D eigenvalue weighted by Crippen LogP contribution is 2.32. The van der Waals surface area contributed by atoms with Gasteiger partial charge in [0.2, 0.25) is 0 Å². The largest absolute Gasteiger partial charge is 0.493 e. The molecule has 0 bridgehead atoms. The summed E-state index contributed by atoms with van der Waals surface area (Å²) in [6.07, 6.45) is 10.6. The molecule has 3 heteroatoms. The molecule has 0 aromatic heterocycles. The van der Waals surface area contributed by atoms with Crippen LogP contribution in [0.3, 0.4) is 0 Å². The molecule has 128 valence electrons. The van der Waals surface area contributed by atoms with Gasteiger partial charge in [-0.25, -0.2) is 0 Å². The number of methoxy groups -OCH3 is 1. The van der Waals surface area contributed by atoms with Gasteiger partial charge in [-0.05, 0) is 75.0 Å². The molecule has 0 aliphatic heterocycles. The monoisotopic (exact) mass is 317 g/mol. The highest BCUT2D eigenvalue weighted by atomic mass is 16.5. The lowest BCUT2D eigenvalue weighted by Crippen LogP contribution is -2.32. The first-order valence-corrected chi connectivity index (χ1v) is 9.31. The summed E-state index contributed by atoms with van der Waals surface area (Å²) in [6.45, 7) is 3.28. The lowest BCUT2D eigenvalue weighted by Gasteiger charge is -2.27. The van der Waals surface area contributed by atoms with Gasteiger partial charge in [-0.2, -0.15) is 0 Å². The molecule has 0 amide bonds. The lowest BCUT2D eigenvalue weighted by molar-refractivity contribution is 0.200. The third-order valence-electron chi connectivity index (χ3n) is 5.43. The molecule has 0 unspecified atom stereocenters. The highest BCUT2D eigenvalue weighted by molar-refractivity contribution is 5.43. The molecule has 0 heterocycles. The number of ether oxygens (including phenoxy) is 2.